The van der Waals surface area contributed by atoms with Gasteiger partial charge in [-0.25, -0.2) is 4.98 Å². The molecule has 1 aromatic heterocycles. The van der Waals surface area contributed by atoms with Crippen LogP contribution < -0.4 is 5.32 Å². The lowest BCUT2D eigenvalue weighted by atomic mass is 10.2. The van der Waals surface area contributed by atoms with E-state index in [2.05, 4.69) is 15.3 Å². The average Bonchev–Trinajstić information content (AvgIpc) is 2.97. The van der Waals surface area contributed by atoms with Gasteiger partial charge < -0.3 is 25.0 Å². The van der Waals surface area contributed by atoms with Gasteiger partial charge in [0.05, 0.1) is 19.5 Å². The minimum atomic E-state index is -0.820. The van der Waals surface area contributed by atoms with Crippen LogP contribution in [0.2, 0.25) is 0 Å². The molecule has 0 spiro atoms. The first kappa shape index (κ1) is 15.5. The number of benzene rings is 1. The topological polar surface area (TPSA) is 85.9 Å². The highest BCUT2D eigenvalue weighted by molar-refractivity contribution is 5.95. The molecule has 0 amide bonds. The van der Waals surface area contributed by atoms with Gasteiger partial charge in [-0.1, -0.05) is 30.3 Å². The predicted octanol–water partition coefficient (Wildman–Crippen LogP) is 1.02. The zero-order chi connectivity index (χ0) is 16.2. The summed E-state index contributed by atoms with van der Waals surface area (Å²) in [4.78, 5) is 10.4. The van der Waals surface area contributed by atoms with Crippen LogP contribution in [0.15, 0.2) is 41.7 Å². The number of aliphatic hydroxyl groups is 2. The van der Waals surface area contributed by atoms with Gasteiger partial charge >= 0.3 is 0 Å². The fourth-order valence-corrected chi connectivity index (χ4v) is 2.71. The second-order valence-electron chi connectivity index (χ2n) is 5.31. The summed E-state index contributed by atoms with van der Waals surface area (Å²) in [7, 11) is 0. The molecule has 1 aliphatic rings. The van der Waals surface area contributed by atoms with E-state index in [0.717, 1.165) is 11.3 Å². The third kappa shape index (κ3) is 3.06. The number of hydrogen-bond acceptors (Lipinski definition) is 4. The number of aliphatic imine (C=N–C) groups is 1. The maximum Gasteiger partial charge on any atom is 0.202 e. The molecule has 1 aliphatic heterocycles. The molecule has 3 rings (SSSR count). The Morgan fingerprint density at radius 2 is 2.09 bits per heavy atom. The van der Waals surface area contributed by atoms with Crippen LogP contribution in [0.25, 0.3) is 0 Å². The molecule has 2 aromatic rings. The van der Waals surface area contributed by atoms with Crippen LogP contribution in [0, 0.1) is 0 Å². The lowest BCUT2D eigenvalue weighted by Gasteiger charge is -2.34. The number of nitrogens with one attached hydrogen (secondary N) is 1. The number of imidazole rings is 1. The molecule has 0 aliphatic carbocycles. The number of fused-ring (bicyclic) bond motifs is 1. The van der Waals surface area contributed by atoms with Gasteiger partial charge in [0.1, 0.15) is 5.69 Å². The van der Waals surface area contributed by atoms with Gasteiger partial charge in [-0.15, -0.1) is 0 Å². The van der Waals surface area contributed by atoms with E-state index in [0.29, 0.717) is 24.9 Å². The lowest BCUT2D eigenvalue weighted by molar-refractivity contribution is 0.0464. The number of anilines is 1. The van der Waals surface area contributed by atoms with Crippen LogP contribution in [-0.4, -0.2) is 50.3 Å². The van der Waals surface area contributed by atoms with Crippen molar-refractivity contribution in [3.8, 4) is 0 Å². The van der Waals surface area contributed by atoms with Gasteiger partial charge in [0.25, 0.3) is 0 Å². The summed E-state index contributed by atoms with van der Waals surface area (Å²) < 4.78 is 1.94. The quantitative estimate of drug-likeness (QED) is 0.767. The number of hydrogen-bond donors (Lipinski definition) is 3. The van der Waals surface area contributed by atoms with Gasteiger partial charge in [0.15, 0.2) is 12.0 Å². The fourth-order valence-electron chi connectivity index (χ4n) is 2.71. The number of rotatable bonds is 5. The Morgan fingerprint density at radius 3 is 2.78 bits per heavy atom. The summed E-state index contributed by atoms with van der Waals surface area (Å²) in [5.41, 5.74) is 1.86. The Bertz CT molecular complexity index is 683. The smallest absolute Gasteiger partial charge is 0.202 e. The van der Waals surface area contributed by atoms with Crippen LogP contribution in [0.3, 0.4) is 0 Å². The fraction of sp³-hybridized carbons (Fsp3) is 0.375. The minimum Gasteiger partial charge on any atom is -0.394 e. The van der Waals surface area contributed by atoms with Crippen molar-refractivity contribution < 1.29 is 10.2 Å². The molecule has 0 bridgehead atoms. The number of nitrogens with zero attached hydrogens (tertiary/aromatic N) is 4. The highest BCUT2D eigenvalue weighted by Gasteiger charge is 2.32. The molecule has 0 unspecified atom stereocenters. The molecule has 0 fully saturated rings. The number of guanidine groups is 1. The summed E-state index contributed by atoms with van der Waals surface area (Å²) in [6, 6.07) is 10.0. The van der Waals surface area contributed by atoms with E-state index < -0.39 is 6.23 Å². The van der Waals surface area contributed by atoms with E-state index in [-0.39, 0.29) is 13.2 Å². The normalized spacial score (nSPS) is 18.8. The maximum absolute atomic E-state index is 10.7. The molecule has 0 radical (unpaired) electrons. The van der Waals surface area contributed by atoms with Crippen molar-refractivity contribution in [1.82, 2.24) is 14.5 Å². The Labute approximate surface area is 134 Å². The third-order valence-corrected chi connectivity index (χ3v) is 3.82. The SMILES string of the molecule is CCN1C(=NCCO)Nc2ncn(Cc3ccccc3)c2[C@@H]1O. The molecule has 0 saturated carbocycles. The van der Waals surface area contributed by atoms with Gasteiger partial charge in [-0.3, -0.25) is 4.99 Å². The van der Waals surface area contributed by atoms with Crippen molar-refractivity contribution in [2.24, 2.45) is 4.99 Å². The zero-order valence-corrected chi connectivity index (χ0v) is 13.1. The Morgan fingerprint density at radius 1 is 1.30 bits per heavy atom. The van der Waals surface area contributed by atoms with Crippen LogP contribution in [-0.2, 0) is 6.54 Å². The van der Waals surface area contributed by atoms with E-state index in [1.165, 1.54) is 0 Å². The zero-order valence-electron chi connectivity index (χ0n) is 13.1. The summed E-state index contributed by atoms with van der Waals surface area (Å²) >= 11 is 0. The van der Waals surface area contributed by atoms with E-state index in [1.807, 2.05) is 41.8 Å². The molecule has 122 valence electrons. The molecule has 7 nitrogen and oxygen atoms in total. The summed E-state index contributed by atoms with van der Waals surface area (Å²) in [6.07, 6.45) is 0.899. The second-order valence-corrected chi connectivity index (χ2v) is 5.31. The van der Waals surface area contributed by atoms with E-state index >= 15 is 0 Å². The Kier molecular flexibility index (Phi) is 4.59. The minimum absolute atomic E-state index is 0.0336. The maximum atomic E-state index is 10.7. The summed E-state index contributed by atoms with van der Waals surface area (Å²) in [5.74, 6) is 1.14. The first-order valence-electron chi connectivity index (χ1n) is 7.70. The van der Waals surface area contributed by atoms with Crippen LogP contribution >= 0.6 is 0 Å². The van der Waals surface area contributed by atoms with Gasteiger partial charge in [-0.05, 0) is 12.5 Å². The number of aliphatic hydroxyl groups excluding tert-OH is 2. The Balaban J connectivity index is 1.91. The highest BCUT2D eigenvalue weighted by Crippen LogP contribution is 2.30. The standard InChI is InChI=1S/C16H21N5O2/c1-2-21-15(23)13-14(19-16(21)17-8-9-22)18-11-20(13)10-12-6-4-3-5-7-12/h3-7,11,15,22-23H,2,8-10H2,1H3,(H,17,19)/t15-/m0/s1. The Hall–Kier alpha value is -2.38. The molecule has 1 aromatic carbocycles. The molecule has 3 N–H and O–H groups in total. The predicted molar refractivity (Wildman–Crippen MR) is 88.1 cm³/mol. The van der Waals surface area contributed by atoms with Gasteiger partial charge in [0.2, 0.25) is 5.96 Å². The highest BCUT2D eigenvalue weighted by atomic mass is 16.3. The third-order valence-electron chi connectivity index (χ3n) is 3.82. The van der Waals surface area contributed by atoms with Gasteiger partial charge in [0, 0.05) is 13.1 Å². The number of aromatic nitrogens is 2. The summed E-state index contributed by atoms with van der Waals surface area (Å²) in [5, 5.41) is 22.8. The summed E-state index contributed by atoms with van der Waals surface area (Å²) in [6.45, 7) is 3.43. The van der Waals surface area contributed by atoms with E-state index in [4.69, 9.17) is 5.11 Å². The van der Waals surface area contributed by atoms with Crippen molar-refractivity contribution in [2.75, 3.05) is 25.0 Å². The van der Waals surface area contributed by atoms with E-state index in [1.54, 1.807) is 11.2 Å². The molecule has 7 heteroatoms. The molecule has 1 atom stereocenters. The second kappa shape index (κ2) is 6.80. The van der Waals surface area contributed by atoms with Crippen molar-refractivity contribution in [3.05, 3.63) is 47.9 Å². The van der Waals surface area contributed by atoms with Crippen LogP contribution in [0.5, 0.6) is 0 Å². The van der Waals surface area contributed by atoms with Crippen molar-refractivity contribution in [1.29, 1.82) is 0 Å². The van der Waals surface area contributed by atoms with Crippen LogP contribution in [0.1, 0.15) is 24.4 Å². The lowest BCUT2D eigenvalue weighted by Crippen LogP contribution is -2.44. The van der Waals surface area contributed by atoms with Gasteiger partial charge in [-0.2, -0.15) is 0 Å². The van der Waals surface area contributed by atoms with Crippen molar-refractivity contribution >= 4 is 11.8 Å². The molecule has 23 heavy (non-hydrogen) atoms. The molecule has 2 heterocycles. The largest absolute Gasteiger partial charge is 0.394 e. The first-order valence-corrected chi connectivity index (χ1v) is 7.70. The van der Waals surface area contributed by atoms with E-state index in [9.17, 15) is 5.11 Å². The van der Waals surface area contributed by atoms with Crippen LogP contribution in [0.4, 0.5) is 5.82 Å². The average molecular weight is 315 g/mol. The van der Waals surface area contributed by atoms with Crippen molar-refractivity contribution in [2.45, 2.75) is 19.7 Å². The molecular formula is C16H21N5O2. The molecular weight excluding hydrogens is 294 g/mol. The monoisotopic (exact) mass is 315 g/mol. The molecule has 0 saturated heterocycles. The first-order chi connectivity index (χ1) is 11.2. The van der Waals surface area contributed by atoms with Crippen molar-refractivity contribution in [3.63, 3.8) is 0 Å².